The molecule has 0 aliphatic heterocycles. The molecular formula is C14H15BrO6. The number of aliphatic carboxylic acids is 1. The molecule has 0 fully saturated rings. The van der Waals surface area contributed by atoms with Gasteiger partial charge in [0, 0.05) is 12.8 Å². The summed E-state index contributed by atoms with van der Waals surface area (Å²) in [4.78, 5) is 33.5. The maximum Gasteiger partial charge on any atom is 0.345 e. The monoisotopic (exact) mass is 358 g/mol. The first-order valence-electron chi connectivity index (χ1n) is 6.20. The highest BCUT2D eigenvalue weighted by Gasteiger charge is 2.23. The smallest absolute Gasteiger partial charge is 0.345 e. The highest BCUT2D eigenvalue weighted by Crippen LogP contribution is 2.07. The Morgan fingerprint density at radius 3 is 2.38 bits per heavy atom. The van der Waals surface area contributed by atoms with Gasteiger partial charge >= 0.3 is 17.9 Å². The van der Waals surface area contributed by atoms with E-state index in [9.17, 15) is 14.4 Å². The van der Waals surface area contributed by atoms with E-state index < -0.39 is 24.0 Å². The average molecular weight is 359 g/mol. The van der Waals surface area contributed by atoms with Crippen molar-refractivity contribution >= 4 is 33.8 Å². The second-order valence-corrected chi connectivity index (χ2v) is 4.70. The minimum atomic E-state index is -1.35. The molecule has 0 heterocycles. The fourth-order valence-electron chi connectivity index (χ4n) is 1.48. The van der Waals surface area contributed by atoms with E-state index in [1.54, 1.807) is 0 Å². The second kappa shape index (κ2) is 9.12. The summed E-state index contributed by atoms with van der Waals surface area (Å²) < 4.78 is 9.69. The number of carboxylic acid groups (broad SMARTS) is 1. The van der Waals surface area contributed by atoms with Crippen LogP contribution in [0.3, 0.4) is 0 Å². The van der Waals surface area contributed by atoms with E-state index in [2.05, 4.69) is 20.7 Å². The predicted molar refractivity (Wildman–Crippen MR) is 76.8 cm³/mol. The minimum Gasteiger partial charge on any atom is -0.479 e. The molecule has 0 aliphatic rings. The molecule has 0 spiro atoms. The molecule has 0 bridgehead atoms. The lowest BCUT2D eigenvalue weighted by Crippen LogP contribution is -2.28. The Morgan fingerprint density at radius 2 is 1.81 bits per heavy atom. The molecule has 1 rings (SSSR count). The van der Waals surface area contributed by atoms with E-state index in [1.165, 1.54) is 0 Å². The molecule has 114 valence electrons. The van der Waals surface area contributed by atoms with E-state index in [-0.39, 0.29) is 24.8 Å². The molecule has 1 aromatic rings. The van der Waals surface area contributed by atoms with E-state index in [1.807, 2.05) is 30.3 Å². The van der Waals surface area contributed by atoms with E-state index >= 15 is 0 Å². The van der Waals surface area contributed by atoms with Gasteiger partial charge in [0.25, 0.3) is 0 Å². The normalized spacial score (nSPS) is 11.5. The van der Waals surface area contributed by atoms with Crippen molar-refractivity contribution in [1.29, 1.82) is 0 Å². The lowest BCUT2D eigenvalue weighted by molar-refractivity contribution is -0.163. The van der Waals surface area contributed by atoms with Gasteiger partial charge < -0.3 is 14.6 Å². The van der Waals surface area contributed by atoms with Crippen LogP contribution in [0.15, 0.2) is 30.3 Å². The molecule has 0 radical (unpaired) electrons. The zero-order valence-electron chi connectivity index (χ0n) is 11.2. The largest absolute Gasteiger partial charge is 0.479 e. The molecule has 21 heavy (non-hydrogen) atoms. The van der Waals surface area contributed by atoms with Crippen LogP contribution < -0.4 is 0 Å². The molecule has 1 unspecified atom stereocenters. The number of ether oxygens (including phenoxy) is 2. The summed E-state index contributed by atoms with van der Waals surface area (Å²) >= 11 is 2.86. The maximum absolute atomic E-state index is 11.5. The van der Waals surface area contributed by atoms with Crippen molar-refractivity contribution in [1.82, 2.24) is 0 Å². The highest BCUT2D eigenvalue weighted by atomic mass is 79.9. The van der Waals surface area contributed by atoms with Crippen molar-refractivity contribution in [2.24, 2.45) is 0 Å². The van der Waals surface area contributed by atoms with Crippen LogP contribution in [0.1, 0.15) is 18.4 Å². The molecule has 1 aromatic carbocycles. The Balaban J connectivity index is 2.36. The van der Waals surface area contributed by atoms with Crippen molar-refractivity contribution in [2.45, 2.75) is 25.6 Å². The van der Waals surface area contributed by atoms with Gasteiger partial charge in [0.05, 0.1) is 0 Å². The van der Waals surface area contributed by atoms with Crippen molar-refractivity contribution in [3.8, 4) is 0 Å². The fraction of sp³-hybridized carbons (Fsp3) is 0.357. The number of esters is 2. The van der Waals surface area contributed by atoms with Crippen LogP contribution in [0.5, 0.6) is 0 Å². The number of benzene rings is 1. The van der Waals surface area contributed by atoms with Crippen LogP contribution in [0.4, 0.5) is 0 Å². The summed E-state index contributed by atoms with van der Waals surface area (Å²) in [5.41, 5.74) is 0.839. The summed E-state index contributed by atoms with van der Waals surface area (Å²) in [6.45, 7) is 0.124. The third-order valence-corrected chi connectivity index (χ3v) is 2.97. The van der Waals surface area contributed by atoms with E-state index in [0.29, 0.717) is 0 Å². The lowest BCUT2D eigenvalue weighted by atomic mass is 10.2. The quantitative estimate of drug-likeness (QED) is 0.563. The van der Waals surface area contributed by atoms with Crippen LogP contribution >= 0.6 is 15.9 Å². The van der Waals surface area contributed by atoms with E-state index in [4.69, 9.17) is 9.84 Å². The number of alkyl halides is 1. The Hall–Kier alpha value is -1.89. The predicted octanol–water partition coefficient (Wildman–Crippen LogP) is 1.90. The topological polar surface area (TPSA) is 89.9 Å². The molecular weight excluding hydrogens is 344 g/mol. The van der Waals surface area contributed by atoms with Crippen molar-refractivity contribution in [3.05, 3.63) is 35.9 Å². The van der Waals surface area contributed by atoms with E-state index in [0.717, 1.165) is 5.56 Å². The van der Waals surface area contributed by atoms with Crippen LogP contribution in [0.25, 0.3) is 0 Å². The number of hydrogen-bond acceptors (Lipinski definition) is 5. The molecule has 0 saturated carbocycles. The Kier molecular flexibility index (Phi) is 7.45. The number of carboxylic acids is 1. The van der Waals surface area contributed by atoms with Gasteiger partial charge in [0.2, 0.25) is 0 Å². The summed E-state index contributed by atoms with van der Waals surface area (Å²) in [7, 11) is 0. The number of hydrogen-bond donors (Lipinski definition) is 1. The fourth-order valence-corrected chi connectivity index (χ4v) is 1.61. The van der Waals surface area contributed by atoms with Crippen LogP contribution in [-0.4, -0.2) is 34.4 Å². The summed E-state index contributed by atoms with van der Waals surface area (Å²) in [6.07, 6.45) is -1.61. The van der Waals surface area contributed by atoms with Gasteiger partial charge in [0.15, 0.2) is 6.10 Å². The average Bonchev–Trinajstić information content (AvgIpc) is 2.49. The Morgan fingerprint density at radius 1 is 1.14 bits per heavy atom. The van der Waals surface area contributed by atoms with Crippen molar-refractivity contribution < 1.29 is 29.0 Å². The van der Waals surface area contributed by atoms with Gasteiger partial charge in [-0.05, 0) is 5.56 Å². The Labute approximate surface area is 130 Å². The molecule has 0 aliphatic carbocycles. The van der Waals surface area contributed by atoms with Gasteiger partial charge in [-0.15, -0.1) is 0 Å². The third-order valence-electron chi connectivity index (χ3n) is 2.51. The van der Waals surface area contributed by atoms with Crippen LogP contribution in [-0.2, 0) is 30.5 Å². The number of rotatable bonds is 8. The van der Waals surface area contributed by atoms with Crippen molar-refractivity contribution in [2.75, 3.05) is 5.33 Å². The molecule has 0 saturated heterocycles. The van der Waals surface area contributed by atoms with Gasteiger partial charge in [-0.3, -0.25) is 9.59 Å². The van der Waals surface area contributed by atoms with Crippen LogP contribution in [0.2, 0.25) is 0 Å². The molecule has 1 atom stereocenters. The second-order valence-electron chi connectivity index (χ2n) is 4.14. The molecule has 1 N–H and O–H groups in total. The summed E-state index contributed by atoms with van der Waals surface area (Å²) in [5, 5.41) is 8.79. The van der Waals surface area contributed by atoms with Gasteiger partial charge in [0.1, 0.15) is 11.9 Å². The summed E-state index contributed by atoms with van der Waals surface area (Å²) in [5.74, 6) is -2.53. The molecule has 0 aromatic heterocycles. The standard InChI is InChI=1S/C14H15BrO6/c15-8-13(17)21-11(14(18)19)6-7-12(16)20-9-10-4-2-1-3-5-10/h1-5,11H,6-9H2,(H,18,19). The first-order valence-corrected chi connectivity index (χ1v) is 7.33. The minimum absolute atomic E-state index is 0.102. The van der Waals surface area contributed by atoms with Gasteiger partial charge in [-0.25, -0.2) is 4.79 Å². The Bertz CT molecular complexity index is 487. The zero-order chi connectivity index (χ0) is 15.7. The zero-order valence-corrected chi connectivity index (χ0v) is 12.7. The number of carbonyl (C=O) groups excluding carboxylic acids is 2. The highest BCUT2D eigenvalue weighted by molar-refractivity contribution is 9.09. The van der Waals surface area contributed by atoms with Gasteiger partial charge in [-0.1, -0.05) is 46.3 Å². The lowest BCUT2D eigenvalue weighted by Gasteiger charge is -2.12. The molecule has 7 heteroatoms. The number of halogens is 1. The molecule has 6 nitrogen and oxygen atoms in total. The molecule has 0 amide bonds. The van der Waals surface area contributed by atoms with Gasteiger partial charge in [-0.2, -0.15) is 0 Å². The van der Waals surface area contributed by atoms with Crippen molar-refractivity contribution in [3.63, 3.8) is 0 Å². The first-order chi connectivity index (χ1) is 10.0. The number of carbonyl (C=O) groups is 3. The maximum atomic E-state index is 11.5. The summed E-state index contributed by atoms with van der Waals surface area (Å²) in [6, 6.07) is 9.12. The SMILES string of the molecule is O=C(CCC(OC(=O)CBr)C(=O)O)OCc1ccccc1. The third kappa shape index (κ3) is 6.89. The van der Waals surface area contributed by atoms with Crippen LogP contribution in [0, 0.1) is 0 Å². The first kappa shape index (κ1) is 17.2.